The molecular weight excluding hydrogens is 372 g/mol. The average molecular weight is 400 g/mol. The molecule has 1 aromatic heterocycles. The second kappa shape index (κ2) is 8.29. The number of likely N-dealkylation sites (tertiary alicyclic amines) is 1. The molecule has 28 heavy (non-hydrogen) atoms. The van der Waals surface area contributed by atoms with Gasteiger partial charge >= 0.3 is 0 Å². The number of rotatable bonds is 6. The van der Waals surface area contributed by atoms with Gasteiger partial charge in [0.1, 0.15) is 5.76 Å². The molecule has 6 heteroatoms. The summed E-state index contributed by atoms with van der Waals surface area (Å²) in [6.07, 6.45) is 0.792. The average Bonchev–Trinajstić information content (AvgIpc) is 3.25. The predicted octanol–water partition coefficient (Wildman–Crippen LogP) is 2.32. The lowest BCUT2D eigenvalue weighted by molar-refractivity contribution is -0.858. The highest BCUT2D eigenvalue weighted by atomic mass is 32.1. The zero-order valence-corrected chi connectivity index (χ0v) is 17.6. The Hall–Kier alpha value is -2.44. The van der Waals surface area contributed by atoms with E-state index < -0.39 is 17.7 Å². The number of carbonyl (C=O) groups is 2. The van der Waals surface area contributed by atoms with Gasteiger partial charge in [-0.1, -0.05) is 23.8 Å². The van der Waals surface area contributed by atoms with Gasteiger partial charge in [-0.15, -0.1) is 11.3 Å². The molecule has 0 saturated carbocycles. The Balaban J connectivity index is 2.09. The van der Waals surface area contributed by atoms with Crippen molar-refractivity contribution in [2.45, 2.75) is 26.3 Å². The number of hydrogen-bond acceptors (Lipinski definition) is 4. The zero-order valence-electron chi connectivity index (χ0n) is 16.8. The first-order valence-corrected chi connectivity index (χ1v) is 10.4. The van der Waals surface area contributed by atoms with Crippen LogP contribution in [0.2, 0.25) is 0 Å². The number of carbonyl (C=O) groups excluding carboxylic acids is 2. The number of Topliss-reactive ketones (excluding diaryl/α,β-unsaturated/α-hetero) is 1. The van der Waals surface area contributed by atoms with E-state index in [0.29, 0.717) is 12.1 Å². The molecule has 0 bridgehead atoms. The lowest BCUT2D eigenvalue weighted by atomic mass is 9.96. The first-order valence-electron chi connectivity index (χ1n) is 9.49. The summed E-state index contributed by atoms with van der Waals surface area (Å²) >= 11 is 1.49. The van der Waals surface area contributed by atoms with Gasteiger partial charge in [0, 0.05) is 23.4 Å². The van der Waals surface area contributed by atoms with Crippen molar-refractivity contribution in [2.75, 3.05) is 27.2 Å². The van der Waals surface area contributed by atoms with Crippen molar-refractivity contribution in [2.24, 2.45) is 0 Å². The summed E-state index contributed by atoms with van der Waals surface area (Å²) in [6.45, 7) is 5.22. The third kappa shape index (κ3) is 3.88. The topological polar surface area (TPSA) is 62.0 Å². The molecule has 3 rings (SSSR count). The van der Waals surface area contributed by atoms with E-state index in [2.05, 4.69) is 14.1 Å². The maximum atomic E-state index is 12.9. The molecule has 5 nitrogen and oxygen atoms in total. The van der Waals surface area contributed by atoms with Crippen molar-refractivity contribution in [3.8, 4) is 0 Å². The van der Waals surface area contributed by atoms with Crippen LogP contribution in [0.15, 0.2) is 41.3 Å². The Morgan fingerprint density at radius 2 is 1.96 bits per heavy atom. The van der Waals surface area contributed by atoms with Crippen LogP contribution in [0.3, 0.4) is 0 Å². The number of aliphatic hydroxyl groups excluding tert-OH is 1. The third-order valence-electron chi connectivity index (χ3n) is 5.08. The number of aliphatic hydroxyl groups is 1. The number of nitrogens with zero attached hydrogens (tertiary/aromatic N) is 1. The number of ketones is 1. The van der Waals surface area contributed by atoms with Crippen LogP contribution in [0, 0.1) is 13.8 Å². The van der Waals surface area contributed by atoms with Gasteiger partial charge in [-0.3, -0.25) is 9.59 Å². The summed E-state index contributed by atoms with van der Waals surface area (Å²) in [6, 6.07) is 9.03. The van der Waals surface area contributed by atoms with Gasteiger partial charge in [0.25, 0.3) is 11.7 Å². The summed E-state index contributed by atoms with van der Waals surface area (Å²) < 4.78 is 0. The lowest BCUT2D eigenvalue weighted by Crippen LogP contribution is -3.05. The molecule has 1 aliphatic rings. The number of thiophene rings is 1. The van der Waals surface area contributed by atoms with Gasteiger partial charge in [0.15, 0.2) is 0 Å². The first kappa shape index (κ1) is 20.3. The molecule has 0 radical (unpaired) electrons. The largest absolute Gasteiger partial charge is 0.507 e. The summed E-state index contributed by atoms with van der Waals surface area (Å²) in [4.78, 5) is 29.5. The van der Waals surface area contributed by atoms with Gasteiger partial charge in [0.05, 0.1) is 32.3 Å². The maximum absolute atomic E-state index is 12.9. The molecule has 1 fully saturated rings. The molecule has 1 aromatic carbocycles. The number of hydrogen-bond donors (Lipinski definition) is 2. The van der Waals surface area contributed by atoms with Gasteiger partial charge in [-0.05, 0) is 36.9 Å². The zero-order chi connectivity index (χ0) is 20.4. The predicted molar refractivity (Wildman–Crippen MR) is 112 cm³/mol. The van der Waals surface area contributed by atoms with Crippen molar-refractivity contribution in [3.63, 3.8) is 0 Å². The molecule has 1 atom stereocenters. The van der Waals surface area contributed by atoms with Crippen molar-refractivity contribution in [3.05, 3.63) is 62.9 Å². The second-order valence-electron chi connectivity index (χ2n) is 7.64. The number of aryl methyl sites for hydroxylation is 2. The maximum Gasteiger partial charge on any atom is 0.295 e. The molecule has 1 amide bonds. The molecule has 1 saturated heterocycles. The molecule has 0 spiro atoms. The van der Waals surface area contributed by atoms with E-state index in [0.717, 1.165) is 29.0 Å². The van der Waals surface area contributed by atoms with Crippen molar-refractivity contribution in [1.29, 1.82) is 0 Å². The number of quaternary nitrogens is 1. The Kier molecular flexibility index (Phi) is 6.01. The molecule has 0 unspecified atom stereocenters. The Labute approximate surface area is 169 Å². The summed E-state index contributed by atoms with van der Waals surface area (Å²) in [5.74, 6) is -1.22. The van der Waals surface area contributed by atoms with Crippen molar-refractivity contribution in [1.82, 2.24) is 4.90 Å². The molecule has 1 aliphatic heterocycles. The number of amides is 1. The fraction of sp³-hybridized carbons (Fsp3) is 0.364. The highest BCUT2D eigenvalue weighted by Gasteiger charge is 2.46. The summed E-state index contributed by atoms with van der Waals surface area (Å²) in [7, 11) is 4.12. The first-order chi connectivity index (χ1) is 13.3. The molecular formula is C22H27N2O3S+. The number of nitrogens with one attached hydrogen (secondary N) is 1. The van der Waals surface area contributed by atoms with Crippen LogP contribution in [-0.4, -0.2) is 48.9 Å². The molecule has 148 valence electrons. The van der Waals surface area contributed by atoms with E-state index >= 15 is 0 Å². The van der Waals surface area contributed by atoms with Crippen LogP contribution in [0.5, 0.6) is 0 Å². The van der Waals surface area contributed by atoms with Crippen molar-refractivity contribution >= 4 is 28.8 Å². The van der Waals surface area contributed by atoms with Gasteiger partial charge in [-0.25, -0.2) is 0 Å². The van der Waals surface area contributed by atoms with Gasteiger partial charge in [-0.2, -0.15) is 0 Å². The number of benzene rings is 1. The lowest BCUT2D eigenvalue weighted by Gasteiger charge is -2.24. The highest BCUT2D eigenvalue weighted by molar-refractivity contribution is 7.10. The van der Waals surface area contributed by atoms with Crippen LogP contribution in [-0.2, 0) is 9.59 Å². The monoisotopic (exact) mass is 399 g/mol. The second-order valence-corrected chi connectivity index (χ2v) is 8.62. The van der Waals surface area contributed by atoms with Gasteiger partial charge < -0.3 is 14.9 Å². The van der Waals surface area contributed by atoms with E-state index in [1.807, 2.05) is 49.6 Å². The minimum absolute atomic E-state index is 0.0846. The fourth-order valence-electron chi connectivity index (χ4n) is 3.59. The van der Waals surface area contributed by atoms with Gasteiger partial charge in [0.2, 0.25) is 0 Å². The van der Waals surface area contributed by atoms with Crippen LogP contribution in [0.1, 0.15) is 34.0 Å². The fourth-order valence-corrected chi connectivity index (χ4v) is 4.44. The Morgan fingerprint density at radius 3 is 2.61 bits per heavy atom. The minimum atomic E-state index is -0.603. The standard InChI is InChI=1S/C22H26N2O3S/c1-14-8-9-15(2)16(13-14)20(25)18-19(17-7-5-12-28-17)24(22(27)21(18)26)11-6-10-23(3)4/h5,7-9,12-13,19,25H,6,10-11H2,1-4H3/p+1/t19-/m1/s1. The normalized spacial score (nSPS) is 19.0. The molecule has 2 N–H and O–H groups in total. The van der Waals surface area contributed by atoms with Crippen LogP contribution in [0.25, 0.3) is 5.76 Å². The quantitative estimate of drug-likeness (QED) is 0.445. The van der Waals surface area contributed by atoms with Crippen LogP contribution < -0.4 is 4.90 Å². The van der Waals surface area contributed by atoms with Crippen molar-refractivity contribution < 1.29 is 19.6 Å². The highest BCUT2D eigenvalue weighted by Crippen LogP contribution is 2.41. The van der Waals surface area contributed by atoms with E-state index in [1.165, 1.54) is 16.2 Å². The van der Waals surface area contributed by atoms with E-state index in [1.54, 1.807) is 4.90 Å². The molecule has 0 aliphatic carbocycles. The summed E-state index contributed by atoms with van der Waals surface area (Å²) in [5, 5.41) is 13.0. The van der Waals surface area contributed by atoms with E-state index in [4.69, 9.17) is 0 Å². The molecule has 2 aromatic rings. The minimum Gasteiger partial charge on any atom is -0.507 e. The summed E-state index contributed by atoms with van der Waals surface area (Å²) in [5.41, 5.74) is 2.66. The Morgan fingerprint density at radius 1 is 1.21 bits per heavy atom. The van der Waals surface area contributed by atoms with E-state index in [9.17, 15) is 14.7 Å². The van der Waals surface area contributed by atoms with E-state index in [-0.39, 0.29) is 11.3 Å². The SMILES string of the molecule is Cc1ccc(C)c(C(O)=C2C(=O)C(=O)N(CCC[NH+](C)C)[C@@H]2c2cccs2)c1. The third-order valence-corrected chi connectivity index (χ3v) is 6.00. The van der Waals surface area contributed by atoms with Crippen LogP contribution in [0.4, 0.5) is 0 Å². The Bertz CT molecular complexity index is 916. The van der Waals surface area contributed by atoms with Crippen LogP contribution >= 0.6 is 11.3 Å². The smallest absolute Gasteiger partial charge is 0.295 e. The molecule has 2 heterocycles.